The van der Waals surface area contributed by atoms with E-state index in [1.54, 1.807) is 30.0 Å². The molecule has 2 aromatic heterocycles. The molecule has 1 amide bonds. The number of benzene rings is 2. The Kier molecular flexibility index (Phi) is 5.19. The Labute approximate surface area is 194 Å². The van der Waals surface area contributed by atoms with Crippen molar-refractivity contribution in [2.24, 2.45) is 0 Å². The number of rotatable bonds is 4. The molecule has 0 aliphatic carbocycles. The number of carbonyl (C=O) groups excluding carboxylic acids is 1. The molecule has 0 radical (unpaired) electrons. The summed E-state index contributed by atoms with van der Waals surface area (Å²) in [6.45, 7) is 1.99. The molecular formula is C22H16BrN3O3S2. The lowest BCUT2D eigenvalue weighted by atomic mass is 9.99. The molecule has 0 saturated carbocycles. The quantitative estimate of drug-likeness (QED) is 0.338. The van der Waals surface area contributed by atoms with Crippen LogP contribution in [-0.4, -0.2) is 22.4 Å². The van der Waals surface area contributed by atoms with Gasteiger partial charge in [-0.15, -0.1) is 22.0 Å². The summed E-state index contributed by atoms with van der Waals surface area (Å²) in [4.78, 5) is 29.7. The largest absolute Gasteiger partial charge is 0.450 e. The lowest BCUT2D eigenvalue weighted by Gasteiger charge is -2.22. The molecule has 3 heterocycles. The van der Waals surface area contributed by atoms with Crippen LogP contribution in [0.3, 0.4) is 0 Å². The fourth-order valence-corrected chi connectivity index (χ4v) is 5.30. The number of hydrogen-bond donors (Lipinski definition) is 0. The summed E-state index contributed by atoms with van der Waals surface area (Å²) in [6, 6.07) is 12.4. The summed E-state index contributed by atoms with van der Waals surface area (Å²) >= 11 is 6.40. The number of hydrogen-bond acceptors (Lipinski definition) is 7. The number of anilines is 1. The van der Waals surface area contributed by atoms with Crippen molar-refractivity contribution in [3.8, 4) is 0 Å². The minimum atomic E-state index is -0.629. The lowest BCUT2D eigenvalue weighted by Crippen LogP contribution is -2.29. The first kappa shape index (κ1) is 20.4. The van der Waals surface area contributed by atoms with Gasteiger partial charge in [0, 0.05) is 9.37 Å². The van der Waals surface area contributed by atoms with Crippen LogP contribution in [0, 0.1) is 0 Å². The minimum Gasteiger partial charge on any atom is -0.450 e. The number of fused-ring (bicyclic) bond motifs is 2. The van der Waals surface area contributed by atoms with Crippen LogP contribution in [0.15, 0.2) is 61.0 Å². The topological polar surface area (TPSA) is 76.3 Å². The summed E-state index contributed by atoms with van der Waals surface area (Å²) < 4.78 is 6.74. The second-order valence-electron chi connectivity index (χ2n) is 7.00. The van der Waals surface area contributed by atoms with Crippen molar-refractivity contribution >= 4 is 61.0 Å². The van der Waals surface area contributed by atoms with E-state index in [0.29, 0.717) is 21.7 Å². The van der Waals surface area contributed by atoms with Gasteiger partial charge in [-0.3, -0.25) is 14.5 Å². The van der Waals surface area contributed by atoms with Gasteiger partial charge in [0.15, 0.2) is 5.43 Å². The monoisotopic (exact) mass is 513 g/mol. The summed E-state index contributed by atoms with van der Waals surface area (Å²) in [5.74, 6) is -0.318. The van der Waals surface area contributed by atoms with Crippen molar-refractivity contribution in [1.82, 2.24) is 10.2 Å². The molecule has 2 aromatic carbocycles. The number of carbonyl (C=O) groups is 1. The zero-order chi connectivity index (χ0) is 21.7. The van der Waals surface area contributed by atoms with Crippen molar-refractivity contribution in [2.45, 2.75) is 24.3 Å². The molecule has 1 aliphatic heterocycles. The van der Waals surface area contributed by atoms with E-state index in [-0.39, 0.29) is 17.1 Å². The molecule has 6 nitrogen and oxygen atoms in total. The van der Waals surface area contributed by atoms with Gasteiger partial charge in [-0.25, -0.2) is 0 Å². The summed E-state index contributed by atoms with van der Waals surface area (Å²) in [5, 5.41) is 10.1. The smallest absolute Gasteiger partial charge is 0.297 e. The van der Waals surface area contributed by atoms with Crippen LogP contribution in [0.25, 0.3) is 11.0 Å². The number of nitrogens with zero attached hydrogens (tertiary/aromatic N) is 3. The van der Waals surface area contributed by atoms with Gasteiger partial charge in [0.05, 0.1) is 17.0 Å². The van der Waals surface area contributed by atoms with E-state index in [2.05, 4.69) is 26.1 Å². The van der Waals surface area contributed by atoms with Gasteiger partial charge >= 0.3 is 0 Å². The molecule has 9 heteroatoms. The molecule has 1 aliphatic rings. The zero-order valence-corrected chi connectivity index (χ0v) is 19.8. The van der Waals surface area contributed by atoms with Crippen LogP contribution >= 0.6 is 39.0 Å². The van der Waals surface area contributed by atoms with Gasteiger partial charge in [0.2, 0.25) is 10.9 Å². The highest BCUT2D eigenvalue weighted by Crippen LogP contribution is 2.42. The number of aryl methyl sites for hydroxylation is 1. The summed E-state index contributed by atoms with van der Waals surface area (Å²) in [5.41, 5.74) is 1.32. The average molecular weight is 514 g/mol. The fraction of sp³-hybridized carbons (Fsp3) is 0.182. The highest BCUT2D eigenvalue weighted by Gasteiger charge is 2.45. The van der Waals surface area contributed by atoms with Crippen molar-refractivity contribution < 1.29 is 9.21 Å². The highest BCUT2D eigenvalue weighted by molar-refractivity contribution is 9.10. The van der Waals surface area contributed by atoms with E-state index in [0.717, 1.165) is 26.4 Å². The van der Waals surface area contributed by atoms with Crippen LogP contribution in [0.2, 0.25) is 0 Å². The summed E-state index contributed by atoms with van der Waals surface area (Å²) in [6.07, 6.45) is 2.72. The Morgan fingerprint density at radius 3 is 2.61 bits per heavy atom. The maximum atomic E-state index is 13.6. The predicted molar refractivity (Wildman–Crippen MR) is 126 cm³/mol. The Balaban J connectivity index is 1.78. The number of aromatic nitrogens is 2. The molecule has 1 unspecified atom stereocenters. The van der Waals surface area contributed by atoms with Gasteiger partial charge in [0.25, 0.3) is 5.91 Å². The third kappa shape index (κ3) is 3.31. The predicted octanol–water partition coefficient (Wildman–Crippen LogP) is 5.44. The molecule has 0 bridgehead atoms. The average Bonchev–Trinajstić information content (AvgIpc) is 3.37. The highest BCUT2D eigenvalue weighted by atomic mass is 79.9. The molecule has 156 valence electrons. The van der Waals surface area contributed by atoms with Gasteiger partial charge in [-0.05, 0) is 48.6 Å². The van der Waals surface area contributed by atoms with Crippen molar-refractivity contribution in [3.63, 3.8) is 0 Å². The van der Waals surface area contributed by atoms with Gasteiger partial charge < -0.3 is 4.42 Å². The Hall–Kier alpha value is -2.49. The molecule has 0 fully saturated rings. The first-order chi connectivity index (χ1) is 15.0. The zero-order valence-electron chi connectivity index (χ0n) is 16.6. The third-order valence-electron chi connectivity index (χ3n) is 5.23. The van der Waals surface area contributed by atoms with Crippen molar-refractivity contribution in [1.29, 1.82) is 0 Å². The Morgan fingerprint density at radius 2 is 1.94 bits per heavy atom. The van der Waals surface area contributed by atoms with Crippen LogP contribution in [0.1, 0.15) is 39.7 Å². The van der Waals surface area contributed by atoms with E-state index in [9.17, 15) is 9.59 Å². The van der Waals surface area contributed by atoms with Gasteiger partial charge in [-0.2, -0.15) is 0 Å². The van der Waals surface area contributed by atoms with Gasteiger partial charge in [0.1, 0.15) is 10.6 Å². The Bertz CT molecular complexity index is 1380. The maximum absolute atomic E-state index is 13.6. The minimum absolute atomic E-state index is 0.0620. The van der Waals surface area contributed by atoms with E-state index in [1.807, 2.05) is 37.4 Å². The molecule has 4 aromatic rings. The number of amides is 1. The molecule has 0 spiro atoms. The third-order valence-corrected chi connectivity index (χ3v) is 7.53. The standard InChI is InChI=1S/C22H16BrN3O3S2/c1-3-16-24-25-22(31-16)26-18(11-4-7-13(30-2)8-5-11)17-19(27)14-10-12(23)6-9-15(14)29-20(17)21(26)28/h4-10,18H,3H2,1-2H3. The molecule has 31 heavy (non-hydrogen) atoms. The first-order valence-electron chi connectivity index (χ1n) is 9.58. The van der Waals surface area contributed by atoms with Crippen molar-refractivity contribution in [3.05, 3.63) is 79.1 Å². The summed E-state index contributed by atoms with van der Waals surface area (Å²) in [7, 11) is 0. The van der Waals surface area contributed by atoms with Crippen molar-refractivity contribution in [2.75, 3.05) is 11.2 Å². The van der Waals surface area contributed by atoms with Crippen LogP contribution in [-0.2, 0) is 6.42 Å². The maximum Gasteiger partial charge on any atom is 0.297 e. The first-order valence-corrected chi connectivity index (χ1v) is 12.4. The normalized spacial score (nSPS) is 15.6. The fourth-order valence-electron chi connectivity index (χ4n) is 3.73. The molecule has 5 rings (SSSR count). The van der Waals surface area contributed by atoms with Gasteiger partial charge in [-0.1, -0.05) is 46.3 Å². The molecule has 0 N–H and O–H groups in total. The van der Waals surface area contributed by atoms with E-state index in [1.165, 1.54) is 16.2 Å². The Morgan fingerprint density at radius 1 is 1.16 bits per heavy atom. The number of halogens is 1. The van der Waals surface area contributed by atoms with E-state index >= 15 is 0 Å². The van der Waals surface area contributed by atoms with Crippen LogP contribution < -0.4 is 10.3 Å². The molecular weight excluding hydrogens is 498 g/mol. The molecule has 1 atom stereocenters. The second kappa shape index (κ2) is 7.89. The number of thioether (sulfide) groups is 1. The lowest BCUT2D eigenvalue weighted by molar-refractivity contribution is 0.0970. The SMILES string of the molecule is CCc1nnc(N2C(=O)c3oc4ccc(Br)cc4c(=O)c3C2c2ccc(SC)cc2)s1. The van der Waals surface area contributed by atoms with E-state index in [4.69, 9.17) is 4.42 Å². The van der Waals surface area contributed by atoms with Crippen LogP contribution in [0.5, 0.6) is 0 Å². The van der Waals surface area contributed by atoms with Crippen LogP contribution in [0.4, 0.5) is 5.13 Å². The molecule has 0 saturated heterocycles. The van der Waals surface area contributed by atoms with E-state index < -0.39 is 6.04 Å². The second-order valence-corrected chi connectivity index (χ2v) is 9.83.